The average Bonchev–Trinajstić information content (AvgIpc) is 2.63. The lowest BCUT2D eigenvalue weighted by Gasteiger charge is -2.25. The first-order valence-electron chi connectivity index (χ1n) is 10.3. The summed E-state index contributed by atoms with van der Waals surface area (Å²) >= 11 is 0. The highest BCUT2D eigenvalue weighted by atomic mass is 19.1. The van der Waals surface area contributed by atoms with Crippen LogP contribution >= 0.6 is 0 Å². The number of hydrogen-bond donors (Lipinski definition) is 0. The van der Waals surface area contributed by atoms with Crippen molar-refractivity contribution in [3.8, 4) is 11.3 Å². The number of aryl methyl sites for hydroxylation is 2. The summed E-state index contributed by atoms with van der Waals surface area (Å²) in [4.78, 5) is 0. The first-order chi connectivity index (χ1) is 13.1. The van der Waals surface area contributed by atoms with Crippen molar-refractivity contribution in [2.75, 3.05) is 0 Å². The molecule has 0 atom stereocenters. The lowest BCUT2D eigenvalue weighted by atomic mass is 9.79. The summed E-state index contributed by atoms with van der Waals surface area (Å²) in [6.07, 6.45) is 2.12. The number of aromatic nitrogens is 1. The maximum atomic E-state index is 14.4. The maximum absolute atomic E-state index is 14.4. The van der Waals surface area contributed by atoms with Crippen molar-refractivity contribution in [1.82, 2.24) is 0 Å². The molecule has 0 saturated heterocycles. The summed E-state index contributed by atoms with van der Waals surface area (Å²) in [6.45, 7) is 15.0. The Morgan fingerprint density at radius 2 is 1.50 bits per heavy atom. The van der Waals surface area contributed by atoms with Gasteiger partial charge in [-0.15, -0.1) is 0 Å². The average molecular weight is 379 g/mol. The number of nitrogens with zero attached hydrogens (tertiary/aromatic N) is 1. The Kier molecular flexibility index (Phi) is 5.61. The third-order valence-electron chi connectivity index (χ3n) is 6.24. The molecule has 0 fully saturated rings. The van der Waals surface area contributed by atoms with Gasteiger partial charge in [-0.1, -0.05) is 39.8 Å². The zero-order valence-electron chi connectivity index (χ0n) is 18.5. The second-order valence-corrected chi connectivity index (χ2v) is 8.94. The number of halogens is 1. The van der Waals surface area contributed by atoms with E-state index in [0.29, 0.717) is 23.3 Å². The fourth-order valence-electron chi connectivity index (χ4n) is 4.77. The van der Waals surface area contributed by atoms with Gasteiger partial charge in [0.1, 0.15) is 12.9 Å². The second kappa shape index (κ2) is 7.66. The van der Waals surface area contributed by atoms with E-state index in [1.165, 1.54) is 16.3 Å². The zero-order valence-corrected chi connectivity index (χ0v) is 18.5. The highest BCUT2D eigenvalue weighted by Gasteiger charge is 2.23. The molecule has 2 aromatic carbocycles. The fourth-order valence-corrected chi connectivity index (χ4v) is 4.77. The van der Waals surface area contributed by atoms with Gasteiger partial charge in [0.25, 0.3) is 0 Å². The van der Waals surface area contributed by atoms with Crippen molar-refractivity contribution < 1.29 is 8.96 Å². The highest BCUT2D eigenvalue weighted by molar-refractivity contribution is 5.94. The van der Waals surface area contributed by atoms with Crippen LogP contribution in [0.1, 0.15) is 55.9 Å². The van der Waals surface area contributed by atoms with E-state index < -0.39 is 0 Å². The van der Waals surface area contributed by atoms with Crippen molar-refractivity contribution in [3.05, 3.63) is 64.6 Å². The van der Waals surface area contributed by atoms with Gasteiger partial charge in [-0.25, -0.2) is 8.96 Å². The lowest BCUT2D eigenvalue weighted by molar-refractivity contribution is -0.659. The van der Waals surface area contributed by atoms with E-state index in [9.17, 15) is 4.39 Å². The number of fused-ring (bicyclic) bond motifs is 1. The van der Waals surface area contributed by atoms with Gasteiger partial charge in [0, 0.05) is 6.07 Å². The van der Waals surface area contributed by atoms with Crippen molar-refractivity contribution in [2.45, 2.75) is 54.4 Å². The fraction of sp³-hybridized carbons (Fsp3) is 0.423. The van der Waals surface area contributed by atoms with Gasteiger partial charge >= 0.3 is 0 Å². The van der Waals surface area contributed by atoms with E-state index in [1.807, 2.05) is 26.8 Å². The predicted molar refractivity (Wildman–Crippen MR) is 117 cm³/mol. The van der Waals surface area contributed by atoms with E-state index in [0.717, 1.165) is 22.4 Å². The summed E-state index contributed by atoms with van der Waals surface area (Å²) in [5, 5.41) is 2.46. The van der Waals surface area contributed by atoms with Crippen LogP contribution in [-0.2, 0) is 7.05 Å². The molecular weight excluding hydrogens is 345 g/mol. The number of hydrogen-bond acceptors (Lipinski definition) is 0. The second-order valence-electron chi connectivity index (χ2n) is 8.94. The number of pyridine rings is 1. The molecule has 0 amide bonds. The molecule has 0 N–H and O–H groups in total. The van der Waals surface area contributed by atoms with Crippen LogP contribution in [0.5, 0.6) is 0 Å². The molecule has 0 aliphatic heterocycles. The molecule has 3 aromatic rings. The van der Waals surface area contributed by atoms with Crippen molar-refractivity contribution >= 4 is 10.8 Å². The molecule has 0 radical (unpaired) electrons. The molecular formula is C26H33FN+. The Morgan fingerprint density at radius 1 is 0.857 bits per heavy atom. The van der Waals surface area contributed by atoms with Gasteiger partial charge in [0.15, 0.2) is 6.20 Å². The van der Waals surface area contributed by atoms with Crippen LogP contribution in [0.4, 0.5) is 4.39 Å². The molecule has 0 spiro atoms. The van der Waals surface area contributed by atoms with Gasteiger partial charge in [-0.3, -0.25) is 0 Å². The minimum atomic E-state index is -0.0943. The van der Waals surface area contributed by atoms with Crippen LogP contribution in [0.15, 0.2) is 36.5 Å². The molecule has 0 aliphatic carbocycles. The molecule has 1 nitrogen and oxygen atoms in total. The van der Waals surface area contributed by atoms with E-state index in [2.05, 4.69) is 69.8 Å². The van der Waals surface area contributed by atoms with Crippen LogP contribution in [0, 0.1) is 38.4 Å². The van der Waals surface area contributed by atoms with Crippen molar-refractivity contribution in [2.24, 2.45) is 18.9 Å². The first kappa shape index (κ1) is 20.5. The molecule has 1 heterocycles. The third-order valence-corrected chi connectivity index (χ3v) is 6.24. The van der Waals surface area contributed by atoms with E-state index in [1.54, 1.807) is 0 Å². The first-order valence-corrected chi connectivity index (χ1v) is 10.3. The Morgan fingerprint density at radius 3 is 2.11 bits per heavy atom. The third kappa shape index (κ3) is 3.45. The minimum absolute atomic E-state index is 0.0943. The van der Waals surface area contributed by atoms with Crippen LogP contribution in [0.25, 0.3) is 22.0 Å². The number of benzene rings is 2. The lowest BCUT2D eigenvalue weighted by Crippen LogP contribution is -2.31. The summed E-state index contributed by atoms with van der Waals surface area (Å²) in [6, 6.07) is 11.1. The summed E-state index contributed by atoms with van der Waals surface area (Å²) < 4.78 is 16.5. The Hall–Kier alpha value is -2.22. The zero-order chi connectivity index (χ0) is 20.7. The Balaban J connectivity index is 2.27. The standard InChI is InChI=1S/C26H33FN/c1-15(2)24(16(3)4)21-9-10-22-20(14-21)11-12-28(8)26(22)23-13-17(5)25(27)19(7)18(23)6/h9-16,24H,1-8H3/q+1. The molecule has 0 aliphatic rings. The van der Waals surface area contributed by atoms with Crippen LogP contribution in [0.3, 0.4) is 0 Å². The largest absolute Gasteiger partial charge is 0.220 e. The predicted octanol–water partition coefficient (Wildman–Crippen LogP) is 6.79. The van der Waals surface area contributed by atoms with Crippen LogP contribution < -0.4 is 4.57 Å². The van der Waals surface area contributed by atoms with Crippen molar-refractivity contribution in [1.29, 1.82) is 0 Å². The molecule has 1 aromatic heterocycles. The molecule has 3 rings (SSSR count). The normalized spacial score (nSPS) is 12.0. The summed E-state index contributed by atoms with van der Waals surface area (Å²) in [5.41, 5.74) is 6.12. The topological polar surface area (TPSA) is 3.88 Å². The van der Waals surface area contributed by atoms with Gasteiger partial charge in [0.05, 0.1) is 10.9 Å². The highest BCUT2D eigenvalue weighted by Crippen LogP contribution is 2.36. The Labute approximate surface area is 169 Å². The minimum Gasteiger partial charge on any atom is -0.206 e. The quantitative estimate of drug-likeness (QED) is 0.440. The van der Waals surface area contributed by atoms with Crippen molar-refractivity contribution in [3.63, 3.8) is 0 Å². The van der Waals surface area contributed by atoms with Gasteiger partial charge in [0.2, 0.25) is 5.69 Å². The van der Waals surface area contributed by atoms with Gasteiger partial charge in [-0.05, 0) is 78.3 Å². The maximum Gasteiger partial charge on any atom is 0.220 e. The summed E-state index contributed by atoms with van der Waals surface area (Å²) in [5.74, 6) is 1.64. The molecule has 28 heavy (non-hydrogen) atoms. The van der Waals surface area contributed by atoms with E-state index in [4.69, 9.17) is 0 Å². The van der Waals surface area contributed by atoms with Crippen LogP contribution in [-0.4, -0.2) is 0 Å². The monoisotopic (exact) mass is 378 g/mol. The molecule has 148 valence electrons. The Bertz CT molecular complexity index is 1020. The van der Waals surface area contributed by atoms with Gasteiger partial charge < -0.3 is 0 Å². The smallest absolute Gasteiger partial charge is 0.206 e. The SMILES string of the molecule is Cc1cc(-c2c3ccc(C(C(C)C)C(C)C)cc3cc[n+]2C)c(C)c(C)c1F. The molecule has 0 unspecified atom stereocenters. The molecule has 2 heteroatoms. The van der Waals surface area contributed by atoms with E-state index in [-0.39, 0.29) is 5.82 Å². The molecule has 0 saturated carbocycles. The van der Waals surface area contributed by atoms with Gasteiger partial charge in [-0.2, -0.15) is 0 Å². The summed E-state index contributed by atoms with van der Waals surface area (Å²) in [7, 11) is 2.07. The van der Waals surface area contributed by atoms with E-state index >= 15 is 0 Å². The number of rotatable bonds is 4. The molecule has 0 bridgehead atoms. The van der Waals surface area contributed by atoms with Crippen LogP contribution in [0.2, 0.25) is 0 Å².